The van der Waals surface area contributed by atoms with Gasteiger partial charge in [0.2, 0.25) is 0 Å². The van der Waals surface area contributed by atoms with E-state index in [2.05, 4.69) is 0 Å². The second-order valence-corrected chi connectivity index (χ2v) is 4.93. The highest BCUT2D eigenvalue weighted by Gasteiger charge is 2.09. The van der Waals surface area contributed by atoms with Crippen LogP contribution in [0.3, 0.4) is 0 Å². The average molecular weight is 244 g/mol. The summed E-state index contributed by atoms with van der Waals surface area (Å²) in [5.41, 5.74) is 6.17. The third-order valence-corrected chi connectivity index (χ3v) is 2.09. The van der Waals surface area contributed by atoms with Gasteiger partial charge in [0.05, 0.1) is 17.9 Å². The first-order valence-electron chi connectivity index (χ1n) is 5.20. The van der Waals surface area contributed by atoms with Crippen LogP contribution in [0.5, 0.6) is 5.75 Å². The van der Waals surface area contributed by atoms with Crippen molar-refractivity contribution in [2.75, 3.05) is 18.9 Å². The molecule has 1 aromatic carbocycles. The highest BCUT2D eigenvalue weighted by molar-refractivity contribution is 6.30. The van der Waals surface area contributed by atoms with Gasteiger partial charge >= 0.3 is 0 Å². The molecule has 4 heteroatoms. The van der Waals surface area contributed by atoms with Crippen molar-refractivity contribution >= 4 is 17.3 Å². The van der Waals surface area contributed by atoms with Crippen LogP contribution in [0.1, 0.15) is 20.8 Å². The molecule has 0 unspecified atom stereocenters. The molecule has 0 aromatic heterocycles. The molecule has 1 aromatic rings. The standard InChI is InChI=1S/C12H18ClNO2/c1-12(2,3)16-7-6-15-11-8-9(13)4-5-10(11)14/h4-5,8H,6-7,14H2,1-3H3. The summed E-state index contributed by atoms with van der Waals surface area (Å²) in [5, 5.41) is 0.612. The molecule has 0 spiro atoms. The lowest BCUT2D eigenvalue weighted by Gasteiger charge is -2.19. The predicted octanol–water partition coefficient (Wildman–Crippen LogP) is 3.12. The molecule has 0 fully saturated rings. The fourth-order valence-electron chi connectivity index (χ4n) is 1.13. The van der Waals surface area contributed by atoms with Crippen LogP contribution in [0, 0.1) is 0 Å². The van der Waals surface area contributed by atoms with Crippen LogP contribution in [0.15, 0.2) is 18.2 Å². The fraction of sp³-hybridized carbons (Fsp3) is 0.500. The van der Waals surface area contributed by atoms with E-state index in [1.54, 1.807) is 18.2 Å². The molecule has 0 aliphatic heterocycles. The van der Waals surface area contributed by atoms with E-state index >= 15 is 0 Å². The molecule has 3 nitrogen and oxygen atoms in total. The molecule has 16 heavy (non-hydrogen) atoms. The van der Waals surface area contributed by atoms with Gasteiger partial charge < -0.3 is 15.2 Å². The molecule has 0 saturated carbocycles. The van der Waals surface area contributed by atoms with Gasteiger partial charge in [-0.25, -0.2) is 0 Å². The Hall–Kier alpha value is -0.930. The third kappa shape index (κ3) is 4.73. The van der Waals surface area contributed by atoms with E-state index in [-0.39, 0.29) is 5.60 Å². The number of benzene rings is 1. The van der Waals surface area contributed by atoms with E-state index in [1.165, 1.54) is 0 Å². The zero-order chi connectivity index (χ0) is 12.2. The summed E-state index contributed by atoms with van der Waals surface area (Å²) in [7, 11) is 0. The van der Waals surface area contributed by atoms with Crippen molar-refractivity contribution < 1.29 is 9.47 Å². The van der Waals surface area contributed by atoms with E-state index in [0.29, 0.717) is 29.7 Å². The van der Waals surface area contributed by atoms with Gasteiger partial charge in [0, 0.05) is 11.1 Å². The number of hydrogen-bond acceptors (Lipinski definition) is 3. The predicted molar refractivity (Wildman–Crippen MR) is 67.1 cm³/mol. The third-order valence-electron chi connectivity index (χ3n) is 1.85. The maximum atomic E-state index is 5.84. The largest absolute Gasteiger partial charge is 0.489 e. The molecule has 90 valence electrons. The van der Waals surface area contributed by atoms with Crippen LogP contribution < -0.4 is 10.5 Å². The van der Waals surface area contributed by atoms with Gasteiger partial charge in [-0.2, -0.15) is 0 Å². The summed E-state index contributed by atoms with van der Waals surface area (Å²) in [4.78, 5) is 0. The van der Waals surface area contributed by atoms with Gasteiger partial charge in [0.25, 0.3) is 0 Å². The molecule has 0 amide bonds. The smallest absolute Gasteiger partial charge is 0.143 e. The Bertz CT molecular complexity index is 347. The number of rotatable bonds is 4. The van der Waals surface area contributed by atoms with Gasteiger partial charge in [-0.05, 0) is 32.9 Å². The molecule has 1 rings (SSSR count). The molecule has 0 heterocycles. The Labute approximate surface area is 101 Å². The van der Waals surface area contributed by atoms with E-state index in [1.807, 2.05) is 20.8 Å². The second-order valence-electron chi connectivity index (χ2n) is 4.49. The van der Waals surface area contributed by atoms with Gasteiger partial charge in [-0.15, -0.1) is 0 Å². The normalized spacial score (nSPS) is 11.5. The Morgan fingerprint density at radius 2 is 1.94 bits per heavy atom. The lowest BCUT2D eigenvalue weighted by molar-refractivity contribution is -0.0162. The minimum atomic E-state index is -0.150. The first kappa shape index (κ1) is 13.1. The second kappa shape index (κ2) is 5.41. The molecule has 0 bridgehead atoms. The van der Waals surface area contributed by atoms with Gasteiger partial charge in [0.1, 0.15) is 12.4 Å². The van der Waals surface area contributed by atoms with Gasteiger partial charge in [0.15, 0.2) is 0 Å². The van der Waals surface area contributed by atoms with Gasteiger partial charge in [-0.1, -0.05) is 11.6 Å². The molecule has 0 saturated heterocycles. The SMILES string of the molecule is CC(C)(C)OCCOc1cc(Cl)ccc1N. The van der Waals surface area contributed by atoms with Crippen LogP contribution in [-0.4, -0.2) is 18.8 Å². The van der Waals surface area contributed by atoms with E-state index in [0.717, 1.165) is 0 Å². The van der Waals surface area contributed by atoms with Crippen molar-refractivity contribution in [1.82, 2.24) is 0 Å². The molecular weight excluding hydrogens is 226 g/mol. The fourth-order valence-corrected chi connectivity index (χ4v) is 1.29. The van der Waals surface area contributed by atoms with Gasteiger partial charge in [-0.3, -0.25) is 0 Å². The minimum Gasteiger partial charge on any atom is -0.489 e. The number of anilines is 1. The lowest BCUT2D eigenvalue weighted by Crippen LogP contribution is -2.22. The Morgan fingerprint density at radius 3 is 2.56 bits per heavy atom. The summed E-state index contributed by atoms with van der Waals surface area (Å²) in [6, 6.07) is 5.16. The van der Waals surface area contributed by atoms with Crippen molar-refractivity contribution in [2.24, 2.45) is 0 Å². The van der Waals surface area contributed by atoms with Crippen LogP contribution >= 0.6 is 11.6 Å². The number of ether oxygens (including phenoxy) is 2. The Balaban J connectivity index is 2.40. The number of halogens is 1. The topological polar surface area (TPSA) is 44.5 Å². The highest BCUT2D eigenvalue weighted by Crippen LogP contribution is 2.25. The zero-order valence-electron chi connectivity index (χ0n) is 9.92. The van der Waals surface area contributed by atoms with Crippen LogP contribution in [0.2, 0.25) is 5.02 Å². The van der Waals surface area contributed by atoms with E-state index < -0.39 is 0 Å². The van der Waals surface area contributed by atoms with Crippen molar-refractivity contribution in [3.8, 4) is 5.75 Å². The molecule has 0 radical (unpaired) electrons. The average Bonchev–Trinajstić information content (AvgIpc) is 2.16. The summed E-state index contributed by atoms with van der Waals surface area (Å²) in [6.45, 7) is 6.99. The van der Waals surface area contributed by atoms with Crippen LogP contribution in [0.25, 0.3) is 0 Å². The summed E-state index contributed by atoms with van der Waals surface area (Å²) >= 11 is 5.84. The molecular formula is C12H18ClNO2. The van der Waals surface area contributed by atoms with E-state index in [9.17, 15) is 0 Å². The monoisotopic (exact) mass is 243 g/mol. The van der Waals surface area contributed by atoms with Crippen LogP contribution in [0.4, 0.5) is 5.69 Å². The highest BCUT2D eigenvalue weighted by atomic mass is 35.5. The molecule has 2 N–H and O–H groups in total. The Morgan fingerprint density at radius 1 is 1.25 bits per heavy atom. The lowest BCUT2D eigenvalue weighted by atomic mass is 10.2. The van der Waals surface area contributed by atoms with Crippen LogP contribution in [-0.2, 0) is 4.74 Å². The van der Waals surface area contributed by atoms with Crippen molar-refractivity contribution in [2.45, 2.75) is 26.4 Å². The number of nitrogen functional groups attached to an aromatic ring is 1. The quantitative estimate of drug-likeness (QED) is 0.653. The van der Waals surface area contributed by atoms with Crippen molar-refractivity contribution in [1.29, 1.82) is 0 Å². The number of nitrogens with two attached hydrogens (primary N) is 1. The molecule has 0 aliphatic carbocycles. The first-order chi connectivity index (χ1) is 7.38. The van der Waals surface area contributed by atoms with Crippen molar-refractivity contribution in [3.63, 3.8) is 0 Å². The van der Waals surface area contributed by atoms with E-state index in [4.69, 9.17) is 26.8 Å². The van der Waals surface area contributed by atoms with Crippen molar-refractivity contribution in [3.05, 3.63) is 23.2 Å². The summed E-state index contributed by atoms with van der Waals surface area (Å²) in [6.07, 6.45) is 0. The maximum absolute atomic E-state index is 5.84. The molecule has 0 aliphatic rings. The Kier molecular flexibility index (Phi) is 4.44. The minimum absolute atomic E-state index is 0.150. The molecule has 0 atom stereocenters. The summed E-state index contributed by atoms with van der Waals surface area (Å²) in [5.74, 6) is 0.602. The maximum Gasteiger partial charge on any atom is 0.143 e. The summed E-state index contributed by atoms with van der Waals surface area (Å²) < 4.78 is 11.0. The number of hydrogen-bond donors (Lipinski definition) is 1. The zero-order valence-corrected chi connectivity index (χ0v) is 10.7. The first-order valence-corrected chi connectivity index (χ1v) is 5.58.